The normalized spacial score (nSPS) is 15.6. The van der Waals surface area contributed by atoms with Gasteiger partial charge in [0.2, 0.25) is 0 Å². The van der Waals surface area contributed by atoms with Gasteiger partial charge in [-0.25, -0.2) is 0 Å². The number of unbranched alkanes of at least 4 members (excludes halogenated alkanes) is 2. The van der Waals surface area contributed by atoms with E-state index in [1.54, 1.807) is 55.4 Å². The SMILES string of the molecule is CCOC(=O)C(C)(C)CC(C)(Br)C(=O)CCO.CCOC(=O)C(C)(C)CC(C)(Br)C(=O)CCOC(=O)CCCCCO.O=C1CCCCCO1. The summed E-state index contributed by atoms with van der Waals surface area (Å²) in [5.74, 6) is -1.27. The molecule has 2 atom stereocenters. The number of Topliss-reactive ketones (excluding diaryl/α,β-unsaturated/α-hetero) is 2. The number of hydrogen-bond donors (Lipinski definition) is 2. The lowest BCUT2D eigenvalue weighted by Gasteiger charge is -2.30. The van der Waals surface area contributed by atoms with Crippen LogP contribution in [0.1, 0.15) is 132 Å². The predicted molar refractivity (Wildman–Crippen MR) is 197 cm³/mol. The maximum Gasteiger partial charge on any atom is 0.311 e. The first-order valence-electron chi connectivity index (χ1n) is 17.4. The largest absolute Gasteiger partial charge is 0.466 e. The van der Waals surface area contributed by atoms with Crippen LogP contribution in [0, 0.1) is 10.8 Å². The maximum absolute atomic E-state index is 12.4. The molecular formula is C36H62Br2O12. The molecule has 0 spiro atoms. The Kier molecular flexibility index (Phi) is 26.1. The average molecular weight is 847 g/mol. The molecule has 50 heavy (non-hydrogen) atoms. The second kappa shape index (κ2) is 26.0. The van der Waals surface area contributed by atoms with Gasteiger partial charge in [-0.05, 0) is 100 Å². The van der Waals surface area contributed by atoms with E-state index in [0.29, 0.717) is 45.5 Å². The molecule has 0 aromatic rings. The zero-order chi connectivity index (χ0) is 39.0. The van der Waals surface area contributed by atoms with Gasteiger partial charge in [-0.1, -0.05) is 38.3 Å². The molecule has 12 nitrogen and oxygen atoms in total. The summed E-state index contributed by atoms with van der Waals surface area (Å²) in [6, 6.07) is 0. The van der Waals surface area contributed by atoms with Crippen molar-refractivity contribution in [2.75, 3.05) is 39.6 Å². The van der Waals surface area contributed by atoms with E-state index in [0.717, 1.165) is 25.7 Å². The number of rotatable bonds is 20. The zero-order valence-corrected chi connectivity index (χ0v) is 34.6. The van der Waals surface area contributed by atoms with Gasteiger partial charge in [0, 0.05) is 32.3 Å². The minimum atomic E-state index is -0.892. The molecule has 0 radical (unpaired) electrons. The topological polar surface area (TPSA) is 180 Å². The Morgan fingerprint density at radius 1 is 0.680 bits per heavy atom. The number of aliphatic hydroxyl groups excluding tert-OH is 2. The van der Waals surface area contributed by atoms with Gasteiger partial charge in [0.1, 0.15) is 0 Å². The van der Waals surface area contributed by atoms with Crippen molar-refractivity contribution in [1.82, 2.24) is 0 Å². The number of carbonyl (C=O) groups excluding carboxylic acids is 6. The number of ether oxygens (including phenoxy) is 4. The Hall–Kier alpha value is -1.90. The fourth-order valence-corrected chi connectivity index (χ4v) is 6.77. The Labute approximate surface area is 315 Å². The van der Waals surface area contributed by atoms with E-state index in [2.05, 4.69) is 31.9 Å². The third-order valence-corrected chi connectivity index (χ3v) is 9.07. The van der Waals surface area contributed by atoms with E-state index in [1.807, 2.05) is 0 Å². The second-order valence-electron chi connectivity index (χ2n) is 13.8. The predicted octanol–water partition coefficient (Wildman–Crippen LogP) is 6.35. The standard InChI is InChI=1S/C18H31BrO6.C12H21BrO4.C6H10O2/c1-5-24-16(23)17(2,3)13-18(4,19)14(21)10-12-25-15(22)9-7-6-8-11-20;1-5-17-10(16)11(2,3)8-12(4,13)9(15)6-7-14;7-6-4-2-1-3-5-8-6/h20H,5-13H2,1-4H3;14H,5-8H2,1-4H3;1-5H2. The van der Waals surface area contributed by atoms with E-state index in [1.165, 1.54) is 0 Å². The number of alkyl halides is 2. The fraction of sp³-hybridized carbons (Fsp3) is 0.833. The summed E-state index contributed by atoms with van der Waals surface area (Å²) in [5, 5.41) is 17.4. The van der Waals surface area contributed by atoms with Gasteiger partial charge in [0.15, 0.2) is 11.6 Å². The Balaban J connectivity index is 0. The summed E-state index contributed by atoms with van der Waals surface area (Å²) in [6.07, 6.45) is 7.01. The monoisotopic (exact) mass is 844 g/mol. The quantitative estimate of drug-likeness (QED) is 0.0602. The Morgan fingerprint density at radius 2 is 1.18 bits per heavy atom. The summed E-state index contributed by atoms with van der Waals surface area (Å²) >= 11 is 6.74. The van der Waals surface area contributed by atoms with Crippen molar-refractivity contribution in [3.63, 3.8) is 0 Å². The molecule has 0 saturated carbocycles. The molecule has 1 heterocycles. The maximum atomic E-state index is 12.4. The molecule has 2 N–H and O–H groups in total. The molecule has 0 aromatic carbocycles. The molecule has 1 fully saturated rings. The highest BCUT2D eigenvalue weighted by molar-refractivity contribution is 9.10. The second-order valence-corrected chi connectivity index (χ2v) is 17.3. The van der Waals surface area contributed by atoms with Crippen molar-refractivity contribution in [2.24, 2.45) is 10.8 Å². The van der Waals surface area contributed by atoms with Gasteiger partial charge in [-0.3, -0.25) is 28.8 Å². The van der Waals surface area contributed by atoms with Crippen LogP contribution in [0.3, 0.4) is 0 Å². The number of aliphatic hydroxyl groups is 2. The third kappa shape index (κ3) is 22.8. The van der Waals surface area contributed by atoms with Gasteiger partial charge >= 0.3 is 23.9 Å². The average Bonchev–Trinajstić information content (AvgIpc) is 3.26. The number of halogens is 2. The smallest absolute Gasteiger partial charge is 0.311 e. The summed E-state index contributed by atoms with van der Waals surface area (Å²) in [6.45, 7) is 15.1. The molecular weight excluding hydrogens is 784 g/mol. The van der Waals surface area contributed by atoms with Crippen LogP contribution in [0.25, 0.3) is 0 Å². The lowest BCUT2D eigenvalue weighted by molar-refractivity contribution is -0.155. The number of esters is 4. The van der Waals surface area contributed by atoms with Gasteiger partial charge in [-0.2, -0.15) is 0 Å². The van der Waals surface area contributed by atoms with Crippen LogP contribution in [0.4, 0.5) is 0 Å². The van der Waals surface area contributed by atoms with E-state index >= 15 is 0 Å². The van der Waals surface area contributed by atoms with E-state index in [9.17, 15) is 28.8 Å². The summed E-state index contributed by atoms with van der Waals surface area (Å²) < 4.78 is 18.1. The molecule has 1 saturated heterocycles. The highest BCUT2D eigenvalue weighted by atomic mass is 79.9. The number of cyclic esters (lactones) is 1. The lowest BCUT2D eigenvalue weighted by Crippen LogP contribution is -2.39. The summed E-state index contributed by atoms with van der Waals surface area (Å²) in [7, 11) is 0. The lowest BCUT2D eigenvalue weighted by atomic mass is 9.81. The molecule has 0 bridgehead atoms. The van der Waals surface area contributed by atoms with Crippen molar-refractivity contribution < 1.29 is 57.9 Å². The number of hydrogen-bond acceptors (Lipinski definition) is 12. The molecule has 2 unspecified atom stereocenters. The molecule has 292 valence electrons. The molecule has 0 aromatic heterocycles. The first-order chi connectivity index (χ1) is 23.1. The minimum Gasteiger partial charge on any atom is -0.466 e. The van der Waals surface area contributed by atoms with Crippen LogP contribution >= 0.6 is 31.9 Å². The Bertz CT molecular complexity index is 1020. The van der Waals surface area contributed by atoms with Crippen molar-refractivity contribution in [1.29, 1.82) is 0 Å². The van der Waals surface area contributed by atoms with E-state index < -0.39 is 19.5 Å². The van der Waals surface area contributed by atoms with Gasteiger partial charge < -0.3 is 29.2 Å². The molecule has 1 rings (SSSR count). The van der Waals surface area contributed by atoms with Crippen molar-refractivity contribution in [3.8, 4) is 0 Å². The van der Waals surface area contributed by atoms with Crippen LogP contribution in [0.2, 0.25) is 0 Å². The number of ketones is 2. The summed E-state index contributed by atoms with van der Waals surface area (Å²) in [5.41, 5.74) is -1.54. The molecule has 0 aliphatic carbocycles. The molecule has 14 heteroatoms. The minimum absolute atomic E-state index is 0.0255. The van der Waals surface area contributed by atoms with Crippen LogP contribution in [-0.4, -0.2) is 93.9 Å². The highest BCUT2D eigenvalue weighted by Gasteiger charge is 2.41. The van der Waals surface area contributed by atoms with Crippen LogP contribution in [0.15, 0.2) is 0 Å². The van der Waals surface area contributed by atoms with Crippen molar-refractivity contribution in [2.45, 2.75) is 141 Å². The Morgan fingerprint density at radius 3 is 1.64 bits per heavy atom. The first-order valence-corrected chi connectivity index (χ1v) is 19.0. The van der Waals surface area contributed by atoms with Crippen molar-refractivity contribution in [3.05, 3.63) is 0 Å². The van der Waals surface area contributed by atoms with E-state index in [-0.39, 0.29) is 80.9 Å². The van der Waals surface area contributed by atoms with E-state index in [4.69, 9.17) is 29.2 Å². The third-order valence-electron chi connectivity index (χ3n) is 7.63. The van der Waals surface area contributed by atoms with Gasteiger partial charge in [0.05, 0.1) is 52.5 Å². The van der Waals surface area contributed by atoms with Gasteiger partial charge in [-0.15, -0.1) is 0 Å². The fourth-order valence-electron chi connectivity index (χ4n) is 4.97. The summed E-state index contributed by atoms with van der Waals surface area (Å²) in [4.78, 5) is 69.9. The zero-order valence-electron chi connectivity index (χ0n) is 31.5. The molecule has 1 aliphatic rings. The highest BCUT2D eigenvalue weighted by Crippen LogP contribution is 2.37. The molecule has 0 amide bonds. The van der Waals surface area contributed by atoms with Gasteiger partial charge in [0.25, 0.3) is 0 Å². The van der Waals surface area contributed by atoms with Crippen LogP contribution < -0.4 is 0 Å². The first kappa shape index (κ1) is 50.2. The van der Waals surface area contributed by atoms with Crippen LogP contribution in [0.5, 0.6) is 0 Å². The number of carbonyl (C=O) groups is 6. The molecule has 1 aliphatic heterocycles. The van der Waals surface area contributed by atoms with Crippen LogP contribution in [-0.2, 0) is 47.7 Å². The van der Waals surface area contributed by atoms with Crippen molar-refractivity contribution >= 4 is 67.3 Å².